The maximum Gasteiger partial charge on any atom is 0.206 e. The summed E-state index contributed by atoms with van der Waals surface area (Å²) >= 11 is 0. The molecule has 0 spiro atoms. The van der Waals surface area contributed by atoms with Crippen LogP contribution in [0.2, 0.25) is 0 Å². The Bertz CT molecular complexity index is 214. The summed E-state index contributed by atoms with van der Waals surface area (Å²) in [7, 11) is 0. The van der Waals surface area contributed by atoms with Gasteiger partial charge in [-0.1, -0.05) is 13.8 Å². The van der Waals surface area contributed by atoms with E-state index in [0.717, 1.165) is 12.8 Å². The first-order chi connectivity index (χ1) is 5.14. The Labute approximate surface area is 67.1 Å². The van der Waals surface area contributed by atoms with Gasteiger partial charge in [-0.2, -0.15) is 15.5 Å². The van der Waals surface area contributed by atoms with Gasteiger partial charge in [-0.25, -0.2) is 0 Å². The molecule has 0 aromatic carbocycles. The lowest BCUT2D eigenvalue weighted by Crippen LogP contribution is -2.33. The van der Waals surface area contributed by atoms with Gasteiger partial charge in [0.05, 0.1) is 6.07 Å². The maximum absolute atomic E-state index is 8.98. The first kappa shape index (κ1) is 8.19. The lowest BCUT2D eigenvalue weighted by molar-refractivity contribution is 0.267. The maximum atomic E-state index is 8.98. The summed E-state index contributed by atoms with van der Waals surface area (Å²) in [6.45, 7) is 5.95. The largest absolute Gasteiger partial charge is 0.206 e. The van der Waals surface area contributed by atoms with Gasteiger partial charge in [0, 0.05) is 0 Å². The molecule has 3 nitrogen and oxygen atoms in total. The Morgan fingerprint density at radius 2 is 1.82 bits per heavy atom. The summed E-state index contributed by atoms with van der Waals surface area (Å²) < 4.78 is 0. The molecule has 0 unspecified atom stereocenters. The van der Waals surface area contributed by atoms with Crippen LogP contribution in [0.1, 0.15) is 33.6 Å². The molecule has 0 saturated heterocycles. The molecule has 1 aliphatic rings. The van der Waals surface area contributed by atoms with Crippen molar-refractivity contribution in [2.24, 2.45) is 15.6 Å². The van der Waals surface area contributed by atoms with Gasteiger partial charge >= 0.3 is 0 Å². The third-order valence-electron chi connectivity index (χ3n) is 2.73. The lowest BCUT2D eigenvalue weighted by Gasteiger charge is -2.25. The van der Waals surface area contributed by atoms with Gasteiger partial charge in [-0.3, -0.25) is 0 Å². The number of hydrogen-bond acceptors (Lipinski definition) is 3. The summed E-state index contributed by atoms with van der Waals surface area (Å²) in [4.78, 5) is 0. The highest BCUT2D eigenvalue weighted by atomic mass is 15.4. The molecule has 0 aromatic heterocycles. The van der Waals surface area contributed by atoms with Gasteiger partial charge in [0.15, 0.2) is 0 Å². The van der Waals surface area contributed by atoms with E-state index in [2.05, 4.69) is 16.3 Å². The van der Waals surface area contributed by atoms with Crippen molar-refractivity contribution < 1.29 is 0 Å². The van der Waals surface area contributed by atoms with Crippen LogP contribution in [0, 0.1) is 16.7 Å². The number of nitriles is 1. The van der Waals surface area contributed by atoms with E-state index < -0.39 is 5.66 Å². The van der Waals surface area contributed by atoms with Gasteiger partial charge in [0.1, 0.15) is 5.41 Å². The molecular formula is C8H13N3. The fraction of sp³-hybridized carbons (Fsp3) is 0.875. The third-order valence-corrected chi connectivity index (χ3v) is 2.73. The lowest BCUT2D eigenvalue weighted by atomic mass is 9.75. The Morgan fingerprint density at radius 1 is 1.36 bits per heavy atom. The molecule has 0 aromatic rings. The topological polar surface area (TPSA) is 48.5 Å². The molecule has 0 N–H and O–H groups in total. The Morgan fingerprint density at radius 3 is 1.91 bits per heavy atom. The van der Waals surface area contributed by atoms with Crippen molar-refractivity contribution in [3.8, 4) is 6.07 Å². The van der Waals surface area contributed by atoms with Crippen molar-refractivity contribution in [3.05, 3.63) is 0 Å². The third kappa shape index (κ3) is 0.936. The average Bonchev–Trinajstić information content (AvgIpc) is 2.74. The molecule has 0 radical (unpaired) electrons. The highest BCUT2D eigenvalue weighted by Gasteiger charge is 2.54. The normalized spacial score (nSPS) is 19.5. The van der Waals surface area contributed by atoms with Crippen molar-refractivity contribution in [3.63, 3.8) is 0 Å². The summed E-state index contributed by atoms with van der Waals surface area (Å²) in [6.07, 6.45) is 1.65. The van der Waals surface area contributed by atoms with E-state index in [-0.39, 0.29) is 5.41 Å². The van der Waals surface area contributed by atoms with Crippen LogP contribution in [0.5, 0.6) is 0 Å². The fourth-order valence-corrected chi connectivity index (χ4v) is 1.45. The molecule has 0 bridgehead atoms. The first-order valence-corrected chi connectivity index (χ1v) is 3.99. The summed E-state index contributed by atoms with van der Waals surface area (Å²) in [6, 6.07) is 2.33. The molecule has 60 valence electrons. The smallest absolute Gasteiger partial charge is 0.198 e. The van der Waals surface area contributed by atoms with Crippen LogP contribution in [0.25, 0.3) is 0 Å². The molecule has 1 heterocycles. The van der Waals surface area contributed by atoms with Crippen molar-refractivity contribution in [1.29, 1.82) is 5.26 Å². The van der Waals surface area contributed by atoms with E-state index in [1.54, 1.807) is 0 Å². The molecule has 11 heavy (non-hydrogen) atoms. The van der Waals surface area contributed by atoms with E-state index in [9.17, 15) is 0 Å². The zero-order valence-electron chi connectivity index (χ0n) is 7.26. The molecule has 1 aliphatic heterocycles. The van der Waals surface area contributed by atoms with Crippen LogP contribution in [-0.4, -0.2) is 5.66 Å². The molecule has 0 amide bonds. The molecule has 3 heteroatoms. The van der Waals surface area contributed by atoms with Gasteiger partial charge in [-0.15, -0.1) is 0 Å². The second-order valence-electron chi connectivity index (χ2n) is 3.12. The number of hydrogen-bond donors (Lipinski definition) is 0. The summed E-state index contributed by atoms with van der Waals surface area (Å²) in [5, 5.41) is 16.8. The molecule has 0 fully saturated rings. The van der Waals surface area contributed by atoms with E-state index >= 15 is 0 Å². The van der Waals surface area contributed by atoms with Crippen molar-refractivity contribution >= 4 is 0 Å². The van der Waals surface area contributed by atoms with Gasteiger partial charge < -0.3 is 0 Å². The van der Waals surface area contributed by atoms with Crippen LogP contribution < -0.4 is 0 Å². The molecular weight excluding hydrogens is 138 g/mol. The predicted molar refractivity (Wildman–Crippen MR) is 41.9 cm³/mol. The van der Waals surface area contributed by atoms with Crippen LogP contribution >= 0.6 is 0 Å². The molecule has 1 rings (SSSR count). The van der Waals surface area contributed by atoms with Crippen LogP contribution in [0.15, 0.2) is 10.2 Å². The fourth-order valence-electron chi connectivity index (χ4n) is 1.45. The average molecular weight is 151 g/mol. The molecule has 0 aliphatic carbocycles. The van der Waals surface area contributed by atoms with E-state index in [0.29, 0.717) is 0 Å². The van der Waals surface area contributed by atoms with Crippen molar-refractivity contribution in [2.75, 3.05) is 0 Å². The van der Waals surface area contributed by atoms with Crippen LogP contribution in [0.4, 0.5) is 0 Å². The molecule has 0 saturated carbocycles. The zero-order chi connectivity index (χ0) is 8.54. The summed E-state index contributed by atoms with van der Waals surface area (Å²) in [5.74, 6) is 0. The van der Waals surface area contributed by atoms with E-state index in [1.807, 2.05) is 20.8 Å². The Hall–Kier alpha value is -0.910. The van der Waals surface area contributed by atoms with Crippen LogP contribution in [-0.2, 0) is 0 Å². The first-order valence-electron chi connectivity index (χ1n) is 3.99. The van der Waals surface area contributed by atoms with Gasteiger partial charge in [-0.05, 0) is 19.8 Å². The Balaban J connectivity index is 2.83. The standard InChI is InChI=1S/C8H13N3/c1-4-8(5-2,6-9)7(3)10-11-7/h4-5H2,1-3H3. The second-order valence-corrected chi connectivity index (χ2v) is 3.12. The number of rotatable bonds is 3. The minimum Gasteiger partial charge on any atom is -0.198 e. The SMILES string of the molecule is CCC(C#N)(CC)C1(C)N=N1. The second kappa shape index (κ2) is 2.30. The van der Waals surface area contributed by atoms with Gasteiger partial charge in [0.2, 0.25) is 5.66 Å². The highest BCUT2D eigenvalue weighted by molar-refractivity contribution is 5.15. The zero-order valence-corrected chi connectivity index (χ0v) is 7.26. The van der Waals surface area contributed by atoms with Crippen molar-refractivity contribution in [2.45, 2.75) is 39.3 Å². The number of nitrogens with zero attached hydrogens (tertiary/aromatic N) is 3. The monoisotopic (exact) mass is 151 g/mol. The molecule has 0 atom stereocenters. The minimum absolute atomic E-state index is 0.354. The van der Waals surface area contributed by atoms with Crippen LogP contribution in [0.3, 0.4) is 0 Å². The summed E-state index contributed by atoms with van der Waals surface area (Å²) in [5.41, 5.74) is -0.752. The predicted octanol–water partition coefficient (Wildman–Crippen LogP) is 2.50. The van der Waals surface area contributed by atoms with E-state index in [1.165, 1.54) is 0 Å². The Kier molecular flexibility index (Phi) is 1.71. The minimum atomic E-state index is -0.398. The van der Waals surface area contributed by atoms with E-state index in [4.69, 9.17) is 5.26 Å². The van der Waals surface area contributed by atoms with Crippen molar-refractivity contribution in [1.82, 2.24) is 0 Å². The highest BCUT2D eigenvalue weighted by Crippen LogP contribution is 2.48. The quantitative estimate of drug-likeness (QED) is 0.611. The van der Waals surface area contributed by atoms with Gasteiger partial charge in [0.25, 0.3) is 0 Å².